The Hall–Kier alpha value is -2.68. The molecule has 7 nitrogen and oxygen atoms in total. The molecule has 168 valence electrons. The Bertz CT molecular complexity index is 1250. The van der Waals surface area contributed by atoms with Crippen molar-refractivity contribution in [1.82, 2.24) is 14.1 Å². The molecule has 1 heterocycles. The Morgan fingerprint density at radius 3 is 2.53 bits per heavy atom. The molecular formula is C23H25ClN4O3S. The SMILES string of the molecule is CCN(CC)S(=O)(=O)c1cc(C(=O)Nc2c3c(nn2-c2ccccc2)CCC3)ccc1Cl. The number of anilines is 1. The lowest BCUT2D eigenvalue weighted by atomic mass is 10.2. The fraction of sp³-hybridized carbons (Fsp3) is 0.304. The minimum Gasteiger partial charge on any atom is -0.306 e. The zero-order valence-corrected chi connectivity index (χ0v) is 19.6. The molecule has 0 unspecified atom stereocenters. The molecule has 0 saturated carbocycles. The average molecular weight is 473 g/mol. The van der Waals surface area contributed by atoms with Gasteiger partial charge in [-0.2, -0.15) is 9.40 Å². The molecule has 0 fully saturated rings. The van der Waals surface area contributed by atoms with Crippen molar-refractivity contribution >= 4 is 33.3 Å². The summed E-state index contributed by atoms with van der Waals surface area (Å²) in [6.45, 7) is 4.15. The van der Waals surface area contributed by atoms with Gasteiger partial charge in [0.05, 0.1) is 16.4 Å². The van der Waals surface area contributed by atoms with Crippen LogP contribution in [0.5, 0.6) is 0 Å². The molecule has 1 N–H and O–H groups in total. The highest BCUT2D eigenvalue weighted by molar-refractivity contribution is 7.89. The van der Waals surface area contributed by atoms with Gasteiger partial charge >= 0.3 is 0 Å². The normalized spacial score (nSPS) is 13.4. The van der Waals surface area contributed by atoms with Crippen LogP contribution in [0.1, 0.15) is 41.9 Å². The molecule has 4 rings (SSSR count). The fourth-order valence-electron chi connectivity index (χ4n) is 4.00. The quantitative estimate of drug-likeness (QED) is 0.555. The summed E-state index contributed by atoms with van der Waals surface area (Å²) in [5, 5.41) is 7.76. The fourth-order valence-corrected chi connectivity index (χ4v) is 5.96. The maximum absolute atomic E-state index is 13.2. The zero-order chi connectivity index (χ0) is 22.9. The number of carbonyl (C=O) groups is 1. The largest absolute Gasteiger partial charge is 0.306 e. The average Bonchev–Trinajstić information content (AvgIpc) is 3.38. The van der Waals surface area contributed by atoms with Crippen molar-refractivity contribution in [3.8, 4) is 5.69 Å². The Morgan fingerprint density at radius 2 is 1.84 bits per heavy atom. The second kappa shape index (κ2) is 9.05. The number of halogens is 1. The molecule has 0 spiro atoms. The van der Waals surface area contributed by atoms with E-state index in [2.05, 4.69) is 5.32 Å². The zero-order valence-electron chi connectivity index (χ0n) is 18.0. The summed E-state index contributed by atoms with van der Waals surface area (Å²) in [7, 11) is -3.81. The van der Waals surface area contributed by atoms with Crippen LogP contribution in [0.2, 0.25) is 5.02 Å². The van der Waals surface area contributed by atoms with Crippen LogP contribution in [-0.4, -0.2) is 41.5 Å². The van der Waals surface area contributed by atoms with Gasteiger partial charge < -0.3 is 5.32 Å². The molecule has 1 amide bonds. The van der Waals surface area contributed by atoms with Gasteiger partial charge in [0, 0.05) is 24.2 Å². The van der Waals surface area contributed by atoms with Gasteiger partial charge in [0.25, 0.3) is 5.91 Å². The standard InChI is InChI=1S/C23H25ClN4O3S/c1-3-27(4-2)32(30,31)21-15-16(13-14-19(21)24)23(29)25-22-18-11-8-12-20(18)26-28(22)17-9-6-5-7-10-17/h5-7,9-10,13-15H,3-4,8,11-12H2,1-2H3,(H,25,29). The van der Waals surface area contributed by atoms with Crippen LogP contribution in [0.4, 0.5) is 5.82 Å². The highest BCUT2D eigenvalue weighted by atomic mass is 35.5. The smallest absolute Gasteiger partial charge is 0.256 e. The van der Waals surface area contributed by atoms with E-state index in [1.54, 1.807) is 18.5 Å². The highest BCUT2D eigenvalue weighted by Gasteiger charge is 2.27. The number of hydrogen-bond donors (Lipinski definition) is 1. The number of para-hydroxylation sites is 1. The predicted molar refractivity (Wildman–Crippen MR) is 125 cm³/mol. The Labute approximate surface area is 193 Å². The van der Waals surface area contributed by atoms with Gasteiger partial charge in [-0.05, 0) is 49.6 Å². The number of nitrogens with zero attached hydrogens (tertiary/aromatic N) is 3. The van der Waals surface area contributed by atoms with E-state index in [1.807, 2.05) is 30.3 Å². The lowest BCUT2D eigenvalue weighted by Gasteiger charge is -2.19. The number of carbonyl (C=O) groups excluding carboxylic acids is 1. The molecule has 0 atom stereocenters. The summed E-state index contributed by atoms with van der Waals surface area (Å²) >= 11 is 6.22. The van der Waals surface area contributed by atoms with Crippen LogP contribution in [0, 0.1) is 0 Å². The minimum atomic E-state index is -3.81. The molecule has 3 aromatic rings. The topological polar surface area (TPSA) is 84.3 Å². The van der Waals surface area contributed by atoms with E-state index >= 15 is 0 Å². The van der Waals surface area contributed by atoms with Crippen LogP contribution < -0.4 is 5.32 Å². The molecule has 1 aromatic heterocycles. The number of benzene rings is 2. The van der Waals surface area contributed by atoms with Crippen LogP contribution in [-0.2, 0) is 22.9 Å². The number of fused-ring (bicyclic) bond motifs is 1. The van der Waals surface area contributed by atoms with Gasteiger partial charge in [0.15, 0.2) is 0 Å². The Balaban J connectivity index is 1.71. The Morgan fingerprint density at radius 1 is 1.12 bits per heavy atom. The molecule has 0 aliphatic heterocycles. The first-order valence-corrected chi connectivity index (χ1v) is 12.5. The summed E-state index contributed by atoms with van der Waals surface area (Å²) in [4.78, 5) is 13.1. The van der Waals surface area contributed by atoms with Crippen molar-refractivity contribution in [1.29, 1.82) is 0 Å². The third-order valence-electron chi connectivity index (χ3n) is 5.66. The van der Waals surface area contributed by atoms with Crippen LogP contribution in [0.15, 0.2) is 53.4 Å². The van der Waals surface area contributed by atoms with Crippen LogP contribution >= 0.6 is 11.6 Å². The number of sulfonamides is 1. The maximum Gasteiger partial charge on any atom is 0.256 e. The van der Waals surface area contributed by atoms with Gasteiger partial charge in [0.2, 0.25) is 10.0 Å². The number of rotatable bonds is 7. The third kappa shape index (κ3) is 4.05. The van der Waals surface area contributed by atoms with E-state index in [9.17, 15) is 13.2 Å². The van der Waals surface area contributed by atoms with E-state index < -0.39 is 15.9 Å². The first kappa shape index (κ1) is 22.5. The molecule has 2 aromatic carbocycles. The summed E-state index contributed by atoms with van der Waals surface area (Å²) in [5.41, 5.74) is 3.06. The summed E-state index contributed by atoms with van der Waals surface area (Å²) in [5.74, 6) is 0.209. The van der Waals surface area contributed by atoms with E-state index in [-0.39, 0.29) is 15.5 Å². The van der Waals surface area contributed by atoms with Gasteiger partial charge in [-0.15, -0.1) is 0 Å². The van der Waals surface area contributed by atoms with Gasteiger partial charge in [-0.25, -0.2) is 13.1 Å². The van der Waals surface area contributed by atoms with E-state index in [0.717, 1.165) is 36.2 Å². The van der Waals surface area contributed by atoms with Gasteiger partial charge in [0.1, 0.15) is 10.7 Å². The van der Waals surface area contributed by atoms with Gasteiger partial charge in [-0.1, -0.05) is 43.6 Å². The number of hydrogen-bond acceptors (Lipinski definition) is 4. The molecule has 0 radical (unpaired) electrons. The van der Waals surface area contributed by atoms with E-state index in [0.29, 0.717) is 18.9 Å². The lowest BCUT2D eigenvalue weighted by molar-refractivity contribution is 0.102. The second-order valence-corrected chi connectivity index (χ2v) is 9.88. The number of aryl methyl sites for hydroxylation is 1. The Kier molecular flexibility index (Phi) is 6.37. The molecule has 9 heteroatoms. The predicted octanol–water partition coefficient (Wildman–Crippen LogP) is 4.30. The van der Waals surface area contributed by atoms with Crippen molar-refractivity contribution < 1.29 is 13.2 Å². The van der Waals surface area contributed by atoms with Crippen molar-refractivity contribution in [2.24, 2.45) is 0 Å². The maximum atomic E-state index is 13.2. The van der Waals surface area contributed by atoms with Crippen LogP contribution in [0.3, 0.4) is 0 Å². The van der Waals surface area contributed by atoms with Crippen molar-refractivity contribution in [3.05, 3.63) is 70.4 Å². The van der Waals surface area contributed by atoms with E-state index in [4.69, 9.17) is 16.7 Å². The summed E-state index contributed by atoms with van der Waals surface area (Å²) < 4.78 is 29.0. The molecule has 0 bridgehead atoms. The molecule has 0 saturated heterocycles. The van der Waals surface area contributed by atoms with E-state index in [1.165, 1.54) is 22.5 Å². The third-order valence-corrected chi connectivity index (χ3v) is 8.19. The van der Waals surface area contributed by atoms with Crippen molar-refractivity contribution in [3.63, 3.8) is 0 Å². The molecule has 32 heavy (non-hydrogen) atoms. The molecular weight excluding hydrogens is 448 g/mol. The molecule has 1 aliphatic carbocycles. The minimum absolute atomic E-state index is 0.0719. The van der Waals surface area contributed by atoms with Crippen molar-refractivity contribution in [2.75, 3.05) is 18.4 Å². The second-order valence-electron chi connectivity index (χ2n) is 7.56. The lowest BCUT2D eigenvalue weighted by Crippen LogP contribution is -2.31. The highest BCUT2D eigenvalue weighted by Crippen LogP contribution is 2.32. The van der Waals surface area contributed by atoms with Gasteiger partial charge in [-0.3, -0.25) is 4.79 Å². The number of aromatic nitrogens is 2. The number of amides is 1. The first-order valence-electron chi connectivity index (χ1n) is 10.6. The van der Waals surface area contributed by atoms with Crippen molar-refractivity contribution in [2.45, 2.75) is 38.0 Å². The summed E-state index contributed by atoms with van der Waals surface area (Å²) in [6.07, 6.45) is 2.69. The summed E-state index contributed by atoms with van der Waals surface area (Å²) in [6, 6.07) is 13.9. The van der Waals surface area contributed by atoms with Crippen LogP contribution in [0.25, 0.3) is 5.69 Å². The first-order chi connectivity index (χ1) is 15.4. The molecule has 1 aliphatic rings. The number of nitrogens with one attached hydrogen (secondary N) is 1. The monoisotopic (exact) mass is 472 g/mol.